The zero-order valence-electron chi connectivity index (χ0n) is 16.9. The maximum Gasteiger partial charge on any atom is 0.283 e. The molecule has 156 valence electrons. The number of pyridine rings is 2. The minimum absolute atomic E-state index is 0.186. The number of nitrogens with two attached hydrogens (primary N) is 1. The Balaban J connectivity index is 1.51. The molecule has 8 heteroatoms. The lowest BCUT2D eigenvalue weighted by Crippen LogP contribution is -2.44. The van der Waals surface area contributed by atoms with E-state index >= 15 is 0 Å². The Hall–Kier alpha value is -3.65. The monoisotopic (exact) mass is 414 g/mol. The number of piperazine rings is 1. The SMILES string of the molecule is NC1=N[C@@]2(CO1)c1cc(-c3cccnc3)ccc1Oc1cnc(N3CCNCC3)cc12. The number of hydrogen-bond donors (Lipinski definition) is 2. The number of nitrogens with zero attached hydrogens (tertiary/aromatic N) is 4. The van der Waals surface area contributed by atoms with E-state index in [1.54, 1.807) is 12.4 Å². The third-order valence-electron chi connectivity index (χ3n) is 6.11. The van der Waals surface area contributed by atoms with Crippen molar-refractivity contribution in [1.82, 2.24) is 15.3 Å². The van der Waals surface area contributed by atoms with Crippen molar-refractivity contribution in [3.05, 3.63) is 66.1 Å². The van der Waals surface area contributed by atoms with Crippen LogP contribution in [0.15, 0.2) is 60.0 Å². The molecule has 1 saturated heterocycles. The summed E-state index contributed by atoms with van der Waals surface area (Å²) in [6.07, 6.45) is 5.40. The summed E-state index contributed by atoms with van der Waals surface area (Å²) in [5.41, 5.74) is 9.18. The van der Waals surface area contributed by atoms with E-state index in [0.29, 0.717) is 12.4 Å². The molecule has 2 aromatic heterocycles. The van der Waals surface area contributed by atoms with Gasteiger partial charge in [0.15, 0.2) is 11.3 Å². The Morgan fingerprint density at radius 3 is 2.65 bits per heavy atom. The van der Waals surface area contributed by atoms with Gasteiger partial charge in [0.05, 0.1) is 6.20 Å². The molecule has 3 aromatic rings. The van der Waals surface area contributed by atoms with Crippen LogP contribution in [-0.4, -0.2) is 48.8 Å². The van der Waals surface area contributed by atoms with Crippen LogP contribution in [0.5, 0.6) is 11.5 Å². The van der Waals surface area contributed by atoms with Crippen molar-refractivity contribution in [3.8, 4) is 22.6 Å². The lowest BCUT2D eigenvalue weighted by atomic mass is 9.81. The summed E-state index contributed by atoms with van der Waals surface area (Å²) in [7, 11) is 0. The van der Waals surface area contributed by atoms with Gasteiger partial charge in [-0.3, -0.25) is 4.98 Å². The molecule has 6 rings (SSSR count). The summed E-state index contributed by atoms with van der Waals surface area (Å²) < 4.78 is 12.0. The average Bonchev–Trinajstić information content (AvgIpc) is 3.22. The van der Waals surface area contributed by atoms with E-state index in [1.807, 2.05) is 30.5 Å². The van der Waals surface area contributed by atoms with Crippen LogP contribution in [0.3, 0.4) is 0 Å². The van der Waals surface area contributed by atoms with Crippen LogP contribution in [-0.2, 0) is 10.3 Å². The second kappa shape index (κ2) is 6.95. The van der Waals surface area contributed by atoms with Crippen LogP contribution < -0.4 is 20.7 Å². The molecule has 31 heavy (non-hydrogen) atoms. The van der Waals surface area contributed by atoms with Gasteiger partial charge >= 0.3 is 0 Å². The molecule has 0 amide bonds. The first-order chi connectivity index (χ1) is 15.2. The van der Waals surface area contributed by atoms with Crippen molar-refractivity contribution >= 4 is 11.8 Å². The molecule has 3 N–H and O–H groups in total. The van der Waals surface area contributed by atoms with Gasteiger partial charge in [0.1, 0.15) is 18.2 Å². The van der Waals surface area contributed by atoms with Gasteiger partial charge in [-0.25, -0.2) is 9.98 Å². The zero-order chi connectivity index (χ0) is 20.8. The fraction of sp³-hybridized carbons (Fsp3) is 0.261. The zero-order valence-corrected chi connectivity index (χ0v) is 16.9. The van der Waals surface area contributed by atoms with Gasteiger partial charge in [0.2, 0.25) is 0 Å². The Bertz CT molecular complexity index is 1180. The third-order valence-corrected chi connectivity index (χ3v) is 6.11. The van der Waals surface area contributed by atoms with Gasteiger partial charge in [-0.2, -0.15) is 0 Å². The highest BCUT2D eigenvalue weighted by Gasteiger charge is 2.47. The average molecular weight is 414 g/mol. The fourth-order valence-corrected chi connectivity index (χ4v) is 4.53. The number of benzene rings is 1. The number of aromatic nitrogens is 2. The first-order valence-corrected chi connectivity index (χ1v) is 10.4. The first kappa shape index (κ1) is 18.1. The smallest absolute Gasteiger partial charge is 0.283 e. The van der Waals surface area contributed by atoms with Crippen molar-refractivity contribution in [1.29, 1.82) is 0 Å². The molecule has 1 spiro atoms. The second-order valence-electron chi connectivity index (χ2n) is 7.93. The van der Waals surface area contributed by atoms with Gasteiger partial charge < -0.3 is 25.4 Å². The highest BCUT2D eigenvalue weighted by molar-refractivity contribution is 5.78. The van der Waals surface area contributed by atoms with E-state index in [9.17, 15) is 0 Å². The number of aliphatic imine (C=N–C) groups is 1. The number of nitrogens with one attached hydrogen (secondary N) is 1. The molecule has 0 unspecified atom stereocenters. The summed E-state index contributed by atoms with van der Waals surface area (Å²) in [5.74, 6) is 2.33. The van der Waals surface area contributed by atoms with Crippen LogP contribution >= 0.6 is 0 Å². The molecular formula is C23H22N6O2. The Labute approximate surface area is 179 Å². The maximum absolute atomic E-state index is 6.26. The largest absolute Gasteiger partial charge is 0.462 e. The Morgan fingerprint density at radius 2 is 1.87 bits per heavy atom. The number of rotatable bonds is 2. The Kier molecular flexibility index (Phi) is 4.07. The number of amidine groups is 1. The van der Waals surface area contributed by atoms with Gasteiger partial charge in [-0.15, -0.1) is 0 Å². The van der Waals surface area contributed by atoms with Crippen LogP contribution in [0.25, 0.3) is 11.1 Å². The minimum Gasteiger partial charge on any atom is -0.462 e. The normalized spacial score (nSPS) is 21.7. The predicted octanol–water partition coefficient (Wildman–Crippen LogP) is 2.25. The van der Waals surface area contributed by atoms with Crippen molar-refractivity contribution in [2.75, 3.05) is 37.7 Å². The quantitative estimate of drug-likeness (QED) is 0.664. The fourth-order valence-electron chi connectivity index (χ4n) is 4.53. The molecule has 0 radical (unpaired) electrons. The van der Waals surface area contributed by atoms with Crippen LogP contribution in [0.4, 0.5) is 5.82 Å². The molecule has 0 saturated carbocycles. The minimum atomic E-state index is -0.767. The lowest BCUT2D eigenvalue weighted by molar-refractivity contribution is 0.264. The summed E-state index contributed by atoms with van der Waals surface area (Å²) in [6.45, 7) is 4.01. The highest BCUT2D eigenvalue weighted by atomic mass is 16.5. The maximum atomic E-state index is 6.26. The number of hydrogen-bond acceptors (Lipinski definition) is 8. The van der Waals surface area contributed by atoms with E-state index in [4.69, 9.17) is 20.2 Å². The van der Waals surface area contributed by atoms with E-state index in [1.165, 1.54) is 0 Å². The molecule has 0 aliphatic carbocycles. The molecule has 3 aliphatic rings. The van der Waals surface area contributed by atoms with E-state index in [-0.39, 0.29) is 6.02 Å². The van der Waals surface area contributed by atoms with E-state index in [2.05, 4.69) is 32.3 Å². The second-order valence-corrected chi connectivity index (χ2v) is 7.93. The van der Waals surface area contributed by atoms with Gasteiger partial charge in [-0.1, -0.05) is 12.1 Å². The molecule has 1 atom stereocenters. The topological polar surface area (TPSA) is 97.9 Å². The first-order valence-electron chi connectivity index (χ1n) is 10.4. The molecule has 5 heterocycles. The predicted molar refractivity (Wildman–Crippen MR) is 117 cm³/mol. The highest BCUT2D eigenvalue weighted by Crippen LogP contribution is 2.52. The van der Waals surface area contributed by atoms with E-state index < -0.39 is 5.54 Å². The third kappa shape index (κ3) is 2.90. The van der Waals surface area contributed by atoms with Gasteiger partial charge in [0.25, 0.3) is 6.02 Å². The summed E-state index contributed by atoms with van der Waals surface area (Å²) in [6, 6.07) is 12.3. The van der Waals surface area contributed by atoms with Crippen molar-refractivity contribution in [3.63, 3.8) is 0 Å². The molecular weight excluding hydrogens is 392 g/mol. The Morgan fingerprint density at radius 1 is 1.00 bits per heavy atom. The van der Waals surface area contributed by atoms with Gasteiger partial charge in [-0.05, 0) is 29.8 Å². The van der Waals surface area contributed by atoms with Crippen LogP contribution in [0.1, 0.15) is 11.1 Å². The molecule has 1 fully saturated rings. The van der Waals surface area contributed by atoms with Crippen molar-refractivity contribution in [2.24, 2.45) is 10.7 Å². The van der Waals surface area contributed by atoms with Crippen molar-refractivity contribution in [2.45, 2.75) is 5.54 Å². The molecule has 3 aliphatic heterocycles. The molecule has 1 aromatic carbocycles. The van der Waals surface area contributed by atoms with E-state index in [0.717, 1.165) is 60.0 Å². The van der Waals surface area contributed by atoms with Gasteiger partial charge in [0, 0.05) is 55.3 Å². The van der Waals surface area contributed by atoms with Crippen LogP contribution in [0.2, 0.25) is 0 Å². The number of fused-ring (bicyclic) bond motifs is 4. The lowest BCUT2D eigenvalue weighted by Gasteiger charge is -2.35. The number of ether oxygens (including phenoxy) is 2. The summed E-state index contributed by atoms with van der Waals surface area (Å²) >= 11 is 0. The van der Waals surface area contributed by atoms with Crippen LogP contribution in [0, 0.1) is 0 Å². The standard InChI is InChI=1S/C23H22N6O2/c24-22-28-23(14-30-22)17-10-15(16-2-1-5-26-12-16)3-4-19(17)31-20-13-27-21(11-18(20)23)29-8-6-25-7-9-29/h1-5,10-13,25H,6-9,14H2,(H2,24,28)/t23-/m0/s1. The number of anilines is 1. The molecule has 0 bridgehead atoms. The summed E-state index contributed by atoms with van der Waals surface area (Å²) in [4.78, 5) is 16.0. The molecule has 8 nitrogen and oxygen atoms in total. The summed E-state index contributed by atoms with van der Waals surface area (Å²) in [5, 5.41) is 3.38. The van der Waals surface area contributed by atoms with Crippen molar-refractivity contribution < 1.29 is 9.47 Å².